The molecule has 180 valence electrons. The van der Waals surface area contributed by atoms with Gasteiger partial charge in [0.25, 0.3) is 5.91 Å². The lowest BCUT2D eigenvalue weighted by Crippen LogP contribution is -2.46. The number of nitrogen functional groups attached to an aromatic ring is 1. The minimum atomic E-state index is -0.723. The van der Waals surface area contributed by atoms with Gasteiger partial charge in [0.15, 0.2) is 0 Å². The van der Waals surface area contributed by atoms with Gasteiger partial charge in [0.2, 0.25) is 5.91 Å². The molecule has 7 heteroatoms. The van der Waals surface area contributed by atoms with Crippen LogP contribution in [0.1, 0.15) is 61.1 Å². The number of fused-ring (bicyclic) bond motifs is 1. The lowest BCUT2D eigenvalue weighted by molar-refractivity contribution is -0.141. The number of rotatable bonds is 4. The van der Waals surface area contributed by atoms with Crippen molar-refractivity contribution < 1.29 is 14.3 Å². The first kappa shape index (κ1) is 26.5. The highest BCUT2D eigenvalue weighted by Crippen LogP contribution is 2.36. The Labute approximate surface area is 203 Å². The number of carbonyl (C=O) groups excluding carboxylic acids is 2. The number of benzene rings is 2. The molecule has 0 aromatic heterocycles. The molecule has 6 nitrogen and oxygen atoms in total. The number of hydrogen-bond donors (Lipinski definition) is 2. The highest BCUT2D eigenvalue weighted by Gasteiger charge is 2.37. The van der Waals surface area contributed by atoms with Crippen LogP contribution >= 0.6 is 12.4 Å². The Morgan fingerprint density at radius 2 is 1.82 bits per heavy atom. The molecule has 1 heterocycles. The summed E-state index contributed by atoms with van der Waals surface area (Å²) in [6.45, 7) is 12.5. The Hall–Kier alpha value is -2.73. The third-order valence-electron chi connectivity index (χ3n) is 6.14. The lowest BCUT2D eigenvalue weighted by atomic mass is 9.88. The van der Waals surface area contributed by atoms with E-state index in [1.807, 2.05) is 65.8 Å². The molecule has 1 aliphatic heterocycles. The van der Waals surface area contributed by atoms with E-state index in [-0.39, 0.29) is 29.6 Å². The summed E-state index contributed by atoms with van der Waals surface area (Å²) in [5.41, 5.74) is 11.9. The summed E-state index contributed by atoms with van der Waals surface area (Å²) in [6.07, 6.45) is 1.07. The number of carbonyl (C=O) groups is 2. The molecule has 2 amide bonds. The number of ether oxygens (including phenoxy) is 1. The smallest absolute Gasteiger partial charge is 0.251 e. The molecule has 0 bridgehead atoms. The highest BCUT2D eigenvalue weighted by atomic mass is 35.5. The topological polar surface area (TPSA) is 84.7 Å². The molecular formula is C26H36ClN3O3. The quantitative estimate of drug-likeness (QED) is 0.603. The summed E-state index contributed by atoms with van der Waals surface area (Å²) in [4.78, 5) is 28.6. The Morgan fingerprint density at radius 3 is 2.42 bits per heavy atom. The van der Waals surface area contributed by atoms with Crippen molar-refractivity contribution >= 4 is 35.6 Å². The van der Waals surface area contributed by atoms with Gasteiger partial charge in [0.05, 0.1) is 7.11 Å². The van der Waals surface area contributed by atoms with E-state index in [2.05, 4.69) is 5.32 Å². The fourth-order valence-corrected chi connectivity index (χ4v) is 4.44. The Bertz CT molecular complexity index is 1060. The Morgan fingerprint density at radius 1 is 1.15 bits per heavy atom. The van der Waals surface area contributed by atoms with E-state index in [1.54, 1.807) is 12.0 Å². The number of halogens is 1. The molecule has 0 radical (unpaired) electrons. The predicted octanol–water partition coefficient (Wildman–Crippen LogP) is 5.13. The molecule has 2 aromatic carbocycles. The largest absolute Gasteiger partial charge is 0.496 e. The molecule has 3 rings (SSSR count). The van der Waals surface area contributed by atoms with E-state index in [9.17, 15) is 9.59 Å². The zero-order valence-corrected chi connectivity index (χ0v) is 21.5. The number of methoxy groups -OCH3 is 1. The number of nitrogens with two attached hydrogens (primary N) is 1. The van der Waals surface area contributed by atoms with Gasteiger partial charge < -0.3 is 20.7 Å². The molecule has 0 aliphatic carbocycles. The van der Waals surface area contributed by atoms with Crippen molar-refractivity contribution in [2.75, 3.05) is 24.7 Å². The Balaban J connectivity index is 0.00000385. The zero-order valence-electron chi connectivity index (χ0n) is 20.7. The van der Waals surface area contributed by atoms with E-state index in [1.165, 1.54) is 0 Å². The maximum Gasteiger partial charge on any atom is 0.251 e. The van der Waals surface area contributed by atoms with E-state index in [4.69, 9.17) is 10.5 Å². The van der Waals surface area contributed by atoms with Crippen LogP contribution in [0.4, 0.5) is 11.4 Å². The third-order valence-corrected chi connectivity index (χ3v) is 6.14. The van der Waals surface area contributed by atoms with Crippen LogP contribution in [0.3, 0.4) is 0 Å². The second-order valence-corrected chi connectivity index (χ2v) is 9.95. The standard InChI is InChI=1S/C26H35N3O3.ClH/c1-15-12-21(16(2)17(3)24(15)32-7)28-25(31)23-20-13-19(27)9-8-18(20)10-11-29(23)22(30)14-26(4,5)6;/h8-9,12-13,23H,10-11,14,27H2,1-7H3,(H,28,31);1H. The third kappa shape index (κ3) is 5.61. The van der Waals surface area contributed by atoms with Crippen molar-refractivity contribution in [1.82, 2.24) is 4.90 Å². The van der Waals surface area contributed by atoms with Gasteiger partial charge in [-0.05, 0) is 78.6 Å². The van der Waals surface area contributed by atoms with Crippen LogP contribution in [0.5, 0.6) is 5.75 Å². The van der Waals surface area contributed by atoms with Gasteiger partial charge in [-0.1, -0.05) is 26.8 Å². The van der Waals surface area contributed by atoms with E-state index < -0.39 is 6.04 Å². The molecule has 0 saturated carbocycles. The van der Waals surface area contributed by atoms with Gasteiger partial charge in [-0.15, -0.1) is 12.4 Å². The second kappa shape index (κ2) is 10.0. The number of hydrogen-bond acceptors (Lipinski definition) is 4. The van der Waals surface area contributed by atoms with Crippen molar-refractivity contribution in [3.8, 4) is 5.75 Å². The zero-order chi connectivity index (χ0) is 23.8. The van der Waals surface area contributed by atoms with E-state index >= 15 is 0 Å². The predicted molar refractivity (Wildman–Crippen MR) is 136 cm³/mol. The monoisotopic (exact) mass is 473 g/mol. The number of anilines is 2. The molecular weight excluding hydrogens is 438 g/mol. The van der Waals surface area contributed by atoms with Crippen LogP contribution in [0.25, 0.3) is 0 Å². The molecule has 0 saturated heterocycles. The van der Waals surface area contributed by atoms with Gasteiger partial charge in [-0.3, -0.25) is 9.59 Å². The summed E-state index contributed by atoms with van der Waals surface area (Å²) in [5, 5.41) is 3.09. The van der Waals surface area contributed by atoms with Gasteiger partial charge in [0, 0.05) is 24.3 Å². The first-order chi connectivity index (χ1) is 14.9. The average Bonchev–Trinajstić information content (AvgIpc) is 2.69. The Kier molecular flexibility index (Phi) is 8.07. The fraction of sp³-hybridized carbons (Fsp3) is 0.462. The first-order valence-corrected chi connectivity index (χ1v) is 11.1. The van der Waals surface area contributed by atoms with Crippen molar-refractivity contribution in [2.24, 2.45) is 5.41 Å². The molecule has 2 aromatic rings. The minimum Gasteiger partial charge on any atom is -0.496 e. The number of nitrogens with one attached hydrogen (secondary N) is 1. The molecule has 0 spiro atoms. The van der Waals surface area contributed by atoms with Crippen LogP contribution in [0.2, 0.25) is 0 Å². The summed E-state index contributed by atoms with van der Waals surface area (Å²) >= 11 is 0. The minimum absolute atomic E-state index is 0. The molecule has 1 aliphatic rings. The lowest BCUT2D eigenvalue weighted by Gasteiger charge is -2.38. The number of nitrogens with zero attached hydrogens (tertiary/aromatic N) is 1. The van der Waals surface area contributed by atoms with Crippen molar-refractivity contribution in [3.05, 3.63) is 52.1 Å². The molecule has 0 fully saturated rings. The molecule has 3 N–H and O–H groups in total. The van der Waals surface area contributed by atoms with Crippen molar-refractivity contribution in [3.63, 3.8) is 0 Å². The summed E-state index contributed by atoms with van der Waals surface area (Å²) in [6, 6.07) is 6.83. The second-order valence-electron chi connectivity index (χ2n) is 9.95. The van der Waals surface area contributed by atoms with Crippen LogP contribution in [0.15, 0.2) is 24.3 Å². The van der Waals surface area contributed by atoms with Crippen LogP contribution in [-0.4, -0.2) is 30.4 Å². The highest BCUT2D eigenvalue weighted by molar-refractivity contribution is 5.99. The van der Waals surface area contributed by atoms with Crippen molar-refractivity contribution in [1.29, 1.82) is 0 Å². The number of aryl methyl sites for hydroxylation is 1. The van der Waals surface area contributed by atoms with Gasteiger partial charge >= 0.3 is 0 Å². The van der Waals surface area contributed by atoms with Gasteiger partial charge in [-0.25, -0.2) is 0 Å². The van der Waals surface area contributed by atoms with E-state index in [0.717, 1.165) is 39.3 Å². The van der Waals surface area contributed by atoms with Crippen LogP contribution in [-0.2, 0) is 16.0 Å². The molecule has 1 unspecified atom stereocenters. The summed E-state index contributed by atoms with van der Waals surface area (Å²) in [7, 11) is 1.65. The molecule has 1 atom stereocenters. The molecule has 33 heavy (non-hydrogen) atoms. The normalized spacial score (nSPS) is 15.4. The average molecular weight is 474 g/mol. The summed E-state index contributed by atoms with van der Waals surface area (Å²) in [5.74, 6) is 0.564. The fourth-order valence-electron chi connectivity index (χ4n) is 4.44. The van der Waals surface area contributed by atoms with Crippen molar-refractivity contribution in [2.45, 2.75) is 60.4 Å². The number of amides is 2. The van der Waals surface area contributed by atoms with Gasteiger partial charge in [0.1, 0.15) is 11.8 Å². The van der Waals surface area contributed by atoms with Crippen LogP contribution in [0, 0.1) is 26.2 Å². The SMILES string of the molecule is COc1c(C)cc(NC(=O)C2c3cc(N)ccc3CCN2C(=O)CC(C)(C)C)c(C)c1C.Cl. The maximum atomic E-state index is 13.7. The van der Waals surface area contributed by atoms with Gasteiger partial charge in [-0.2, -0.15) is 0 Å². The van der Waals surface area contributed by atoms with Crippen LogP contribution < -0.4 is 15.8 Å². The van der Waals surface area contributed by atoms with E-state index in [0.29, 0.717) is 25.1 Å². The summed E-state index contributed by atoms with van der Waals surface area (Å²) < 4.78 is 5.51. The first-order valence-electron chi connectivity index (χ1n) is 11.1. The maximum absolute atomic E-state index is 13.7.